The molecule has 0 spiro atoms. The van der Waals surface area contributed by atoms with E-state index in [1.54, 1.807) is 18.2 Å². The topological polar surface area (TPSA) is 17.1 Å². The number of carbonyl (C=O) groups is 1. The minimum atomic E-state index is -0.111. The number of hydrogen-bond donors (Lipinski definition) is 0. The van der Waals surface area contributed by atoms with Crippen LogP contribution in [0.3, 0.4) is 0 Å². The number of carbonyl (C=O) groups excluding carboxylic acids is 1. The van der Waals surface area contributed by atoms with Crippen molar-refractivity contribution in [2.45, 2.75) is 13.8 Å². The summed E-state index contributed by atoms with van der Waals surface area (Å²) in [6, 6.07) is 8.70. The summed E-state index contributed by atoms with van der Waals surface area (Å²) in [6.07, 6.45) is 0. The quantitative estimate of drug-likeness (QED) is 0.639. The lowest BCUT2D eigenvalue weighted by atomic mass is 9.97. The second-order valence-corrected chi connectivity index (χ2v) is 6.07. The van der Waals surface area contributed by atoms with E-state index in [-0.39, 0.29) is 5.78 Å². The fourth-order valence-corrected chi connectivity index (χ4v) is 2.68. The molecule has 98 valence electrons. The maximum atomic E-state index is 12.5. The van der Waals surface area contributed by atoms with Crippen LogP contribution in [-0.2, 0) is 0 Å². The van der Waals surface area contributed by atoms with E-state index in [4.69, 9.17) is 23.2 Å². The van der Waals surface area contributed by atoms with Gasteiger partial charge < -0.3 is 0 Å². The lowest BCUT2D eigenvalue weighted by Gasteiger charge is -2.09. The van der Waals surface area contributed by atoms with Gasteiger partial charge in [-0.2, -0.15) is 0 Å². The van der Waals surface area contributed by atoms with Crippen molar-refractivity contribution < 1.29 is 4.79 Å². The molecule has 0 unspecified atom stereocenters. The van der Waals surface area contributed by atoms with Crippen molar-refractivity contribution in [2.24, 2.45) is 0 Å². The van der Waals surface area contributed by atoms with Crippen LogP contribution in [0.25, 0.3) is 0 Å². The van der Waals surface area contributed by atoms with Crippen LogP contribution in [0.15, 0.2) is 34.8 Å². The molecular formula is C15H11BrCl2O. The van der Waals surface area contributed by atoms with Crippen LogP contribution in [0.4, 0.5) is 0 Å². The van der Waals surface area contributed by atoms with Crippen LogP contribution >= 0.6 is 39.1 Å². The van der Waals surface area contributed by atoms with Gasteiger partial charge in [-0.05, 0) is 55.3 Å². The molecule has 0 radical (unpaired) electrons. The van der Waals surface area contributed by atoms with Gasteiger partial charge in [0, 0.05) is 20.6 Å². The first-order valence-corrected chi connectivity index (χ1v) is 7.21. The lowest BCUT2D eigenvalue weighted by molar-refractivity contribution is 0.103. The third kappa shape index (κ3) is 3.02. The summed E-state index contributed by atoms with van der Waals surface area (Å²) in [4.78, 5) is 12.5. The third-order valence-electron chi connectivity index (χ3n) is 2.92. The van der Waals surface area contributed by atoms with Gasteiger partial charge in [-0.1, -0.05) is 39.1 Å². The van der Waals surface area contributed by atoms with Crippen LogP contribution in [-0.4, -0.2) is 5.78 Å². The Morgan fingerprint density at radius 1 is 1.00 bits per heavy atom. The zero-order valence-corrected chi connectivity index (χ0v) is 13.5. The highest BCUT2D eigenvalue weighted by molar-refractivity contribution is 9.10. The van der Waals surface area contributed by atoms with Crippen LogP contribution in [0, 0.1) is 13.8 Å². The molecule has 0 atom stereocenters. The maximum absolute atomic E-state index is 12.5. The largest absolute Gasteiger partial charge is 0.289 e. The first-order valence-electron chi connectivity index (χ1n) is 5.66. The van der Waals surface area contributed by atoms with E-state index < -0.39 is 0 Å². The highest BCUT2D eigenvalue weighted by Gasteiger charge is 2.16. The van der Waals surface area contributed by atoms with Crippen molar-refractivity contribution in [2.75, 3.05) is 0 Å². The van der Waals surface area contributed by atoms with Crippen LogP contribution < -0.4 is 0 Å². The molecule has 0 aliphatic carbocycles. The van der Waals surface area contributed by atoms with E-state index in [9.17, 15) is 4.79 Å². The first-order chi connectivity index (χ1) is 8.90. The van der Waals surface area contributed by atoms with Gasteiger partial charge in [0.2, 0.25) is 0 Å². The predicted molar refractivity (Wildman–Crippen MR) is 83.5 cm³/mol. The minimum Gasteiger partial charge on any atom is -0.289 e. The van der Waals surface area contributed by atoms with Crippen molar-refractivity contribution in [3.05, 3.63) is 67.1 Å². The molecule has 0 aromatic heterocycles. The first kappa shape index (κ1) is 14.6. The zero-order valence-electron chi connectivity index (χ0n) is 10.4. The Bertz CT molecular complexity index is 665. The number of halogens is 3. The van der Waals surface area contributed by atoms with E-state index in [1.165, 1.54) is 0 Å². The number of hydrogen-bond acceptors (Lipinski definition) is 1. The van der Waals surface area contributed by atoms with Gasteiger partial charge in [0.25, 0.3) is 0 Å². The Morgan fingerprint density at radius 2 is 1.68 bits per heavy atom. The van der Waals surface area contributed by atoms with Gasteiger partial charge >= 0.3 is 0 Å². The predicted octanol–water partition coefficient (Wildman–Crippen LogP) is 5.60. The smallest absolute Gasteiger partial charge is 0.194 e. The molecule has 0 amide bonds. The van der Waals surface area contributed by atoms with Crippen molar-refractivity contribution in [3.8, 4) is 0 Å². The molecular weight excluding hydrogens is 347 g/mol. The average molecular weight is 358 g/mol. The molecule has 0 N–H and O–H groups in total. The average Bonchev–Trinajstić information content (AvgIpc) is 2.36. The molecule has 19 heavy (non-hydrogen) atoms. The van der Waals surface area contributed by atoms with Gasteiger partial charge in [-0.3, -0.25) is 4.79 Å². The molecule has 0 fully saturated rings. The lowest BCUT2D eigenvalue weighted by Crippen LogP contribution is -2.05. The molecule has 0 aliphatic heterocycles. The summed E-state index contributed by atoms with van der Waals surface area (Å²) < 4.78 is 0.985. The molecule has 2 rings (SSSR count). The van der Waals surface area contributed by atoms with Crippen molar-refractivity contribution >= 4 is 44.9 Å². The fourth-order valence-electron chi connectivity index (χ4n) is 1.84. The molecule has 0 saturated carbocycles. The van der Waals surface area contributed by atoms with Gasteiger partial charge in [-0.15, -0.1) is 0 Å². The van der Waals surface area contributed by atoms with E-state index in [0.717, 1.165) is 15.6 Å². The van der Waals surface area contributed by atoms with Gasteiger partial charge in [0.05, 0.1) is 5.02 Å². The SMILES string of the molecule is Cc1cc(C(=O)c2cc(Cl)ccc2Cl)c(C)cc1Br. The second-order valence-electron chi connectivity index (χ2n) is 4.37. The Hall–Kier alpha value is -0.830. The van der Waals surface area contributed by atoms with E-state index in [1.807, 2.05) is 26.0 Å². The monoisotopic (exact) mass is 356 g/mol. The minimum absolute atomic E-state index is 0.111. The Morgan fingerprint density at radius 3 is 2.37 bits per heavy atom. The summed E-state index contributed by atoms with van der Waals surface area (Å²) in [7, 11) is 0. The van der Waals surface area contributed by atoms with E-state index in [2.05, 4.69) is 15.9 Å². The van der Waals surface area contributed by atoms with Crippen molar-refractivity contribution in [1.29, 1.82) is 0 Å². The zero-order chi connectivity index (χ0) is 14.2. The van der Waals surface area contributed by atoms with Crippen LogP contribution in [0.2, 0.25) is 10.0 Å². The van der Waals surface area contributed by atoms with Gasteiger partial charge in [0.15, 0.2) is 5.78 Å². The number of benzene rings is 2. The van der Waals surface area contributed by atoms with E-state index in [0.29, 0.717) is 21.2 Å². The number of ketones is 1. The Kier molecular flexibility index (Phi) is 4.34. The van der Waals surface area contributed by atoms with Crippen molar-refractivity contribution in [3.63, 3.8) is 0 Å². The summed E-state index contributed by atoms with van der Waals surface area (Å²) in [6.45, 7) is 3.84. The highest BCUT2D eigenvalue weighted by atomic mass is 79.9. The maximum Gasteiger partial charge on any atom is 0.194 e. The summed E-state index contributed by atoms with van der Waals surface area (Å²) in [5, 5.41) is 0.911. The second kappa shape index (κ2) is 5.66. The van der Waals surface area contributed by atoms with Crippen LogP contribution in [0.1, 0.15) is 27.0 Å². The van der Waals surface area contributed by atoms with Crippen molar-refractivity contribution in [1.82, 2.24) is 0 Å². The summed E-state index contributed by atoms with van der Waals surface area (Å²) >= 11 is 15.5. The van der Waals surface area contributed by atoms with Crippen LogP contribution in [0.5, 0.6) is 0 Å². The molecule has 2 aromatic carbocycles. The fraction of sp³-hybridized carbons (Fsp3) is 0.133. The Labute approximate surface area is 130 Å². The van der Waals surface area contributed by atoms with E-state index >= 15 is 0 Å². The summed E-state index contributed by atoms with van der Waals surface area (Å²) in [5.41, 5.74) is 2.98. The molecule has 0 saturated heterocycles. The van der Waals surface area contributed by atoms with Gasteiger partial charge in [-0.25, -0.2) is 0 Å². The molecule has 1 nitrogen and oxygen atoms in total. The molecule has 0 heterocycles. The highest BCUT2D eigenvalue weighted by Crippen LogP contribution is 2.27. The Balaban J connectivity index is 2.56. The molecule has 0 bridgehead atoms. The normalized spacial score (nSPS) is 10.6. The number of aryl methyl sites for hydroxylation is 2. The molecule has 4 heteroatoms. The van der Waals surface area contributed by atoms with Gasteiger partial charge in [0.1, 0.15) is 0 Å². The number of rotatable bonds is 2. The third-order valence-corrected chi connectivity index (χ3v) is 4.34. The molecule has 2 aromatic rings. The molecule has 0 aliphatic rings. The standard InChI is InChI=1S/C15H11BrCl2O/c1-8-6-13(16)9(2)5-11(8)15(19)12-7-10(17)3-4-14(12)18/h3-7H,1-2H3. The summed E-state index contributed by atoms with van der Waals surface area (Å²) in [5.74, 6) is -0.111.